The molecule has 3 N–H and O–H groups in total. The molecular weight excluding hydrogens is 348 g/mol. The highest BCUT2D eigenvalue weighted by Gasteiger charge is 2.30. The van der Waals surface area contributed by atoms with Crippen LogP contribution < -0.4 is 10.5 Å². The first-order chi connectivity index (χ1) is 11.8. The number of Topliss-reactive ketones (excluding diaryl/α,β-unsaturated/α-hetero) is 1. The van der Waals surface area contributed by atoms with Crippen LogP contribution >= 0.6 is 0 Å². The van der Waals surface area contributed by atoms with Crippen molar-refractivity contribution in [3.05, 3.63) is 42.1 Å². The number of ketones is 1. The van der Waals surface area contributed by atoms with Crippen molar-refractivity contribution in [2.45, 2.75) is 4.90 Å². The molecule has 0 aliphatic carbocycles. The Bertz CT molecular complexity index is 914. The molecule has 1 heterocycles. The van der Waals surface area contributed by atoms with Gasteiger partial charge in [0.05, 0.1) is 11.0 Å². The average molecular weight is 362 g/mol. The van der Waals surface area contributed by atoms with Crippen LogP contribution in [-0.4, -0.2) is 39.2 Å². The number of rotatable bonds is 6. The quantitative estimate of drug-likeness (QED) is 0.644. The summed E-state index contributed by atoms with van der Waals surface area (Å²) in [6.45, 7) is 2.15. The molecule has 0 unspecified atom stereocenters. The van der Waals surface area contributed by atoms with Crippen molar-refractivity contribution >= 4 is 27.6 Å². The monoisotopic (exact) mass is 362 g/mol. The van der Waals surface area contributed by atoms with Gasteiger partial charge in [-0.25, -0.2) is 8.42 Å². The number of fused-ring (bicyclic) bond motifs is 1. The van der Waals surface area contributed by atoms with Gasteiger partial charge in [0.1, 0.15) is 18.3 Å². The highest BCUT2D eigenvalue weighted by atomic mass is 32.2. The number of nitrogens with two attached hydrogens (primary N) is 1. The molecule has 0 radical (unpaired) electrons. The van der Waals surface area contributed by atoms with Crippen molar-refractivity contribution in [1.29, 1.82) is 5.26 Å². The van der Waals surface area contributed by atoms with E-state index in [-0.39, 0.29) is 16.4 Å². The number of amidine groups is 1. The Morgan fingerprint density at radius 3 is 2.72 bits per heavy atom. The number of esters is 1. The van der Waals surface area contributed by atoms with E-state index in [2.05, 4.69) is 16.3 Å². The van der Waals surface area contributed by atoms with Gasteiger partial charge in [-0.3, -0.25) is 19.3 Å². The van der Waals surface area contributed by atoms with Gasteiger partial charge in [-0.15, -0.1) is 0 Å². The molecule has 0 amide bonds. The summed E-state index contributed by atoms with van der Waals surface area (Å²) in [6, 6.07) is 7.82. The maximum absolute atomic E-state index is 11.9. The number of aliphatic imine (C=N–C) groups is 1. The molecular formula is C15H14N4O5S. The summed E-state index contributed by atoms with van der Waals surface area (Å²) in [4.78, 5) is 27.3. The smallest absolute Gasteiger partial charge is 0.328 e. The highest BCUT2D eigenvalue weighted by molar-refractivity contribution is 7.90. The van der Waals surface area contributed by atoms with Crippen molar-refractivity contribution in [3.8, 4) is 6.07 Å². The third kappa shape index (κ3) is 4.02. The first-order valence-corrected chi connectivity index (χ1v) is 8.43. The van der Waals surface area contributed by atoms with Crippen molar-refractivity contribution in [3.63, 3.8) is 0 Å². The molecule has 25 heavy (non-hydrogen) atoms. The van der Waals surface area contributed by atoms with Gasteiger partial charge in [0, 0.05) is 11.3 Å². The Labute approximate surface area is 143 Å². The Balaban J connectivity index is 1.99. The summed E-state index contributed by atoms with van der Waals surface area (Å²) in [7, 11) is -3.70. The van der Waals surface area contributed by atoms with E-state index >= 15 is 0 Å². The molecule has 0 aromatic heterocycles. The van der Waals surface area contributed by atoms with Gasteiger partial charge in [0.15, 0.2) is 12.4 Å². The predicted octanol–water partition coefficient (Wildman–Crippen LogP) is -0.550. The lowest BCUT2D eigenvalue weighted by Gasteiger charge is -2.07. The Morgan fingerprint density at radius 2 is 2.08 bits per heavy atom. The Kier molecular flexibility index (Phi) is 5.19. The molecule has 130 valence electrons. The zero-order valence-electron chi connectivity index (χ0n) is 12.9. The second-order valence-corrected chi connectivity index (χ2v) is 6.68. The number of nitrogens with one attached hydrogen (secondary N) is 1. The van der Waals surface area contributed by atoms with Crippen LogP contribution in [0, 0.1) is 17.2 Å². The predicted molar refractivity (Wildman–Crippen MR) is 86.6 cm³/mol. The number of benzene rings is 1. The summed E-state index contributed by atoms with van der Waals surface area (Å²) in [5.74, 6) is -2.80. The van der Waals surface area contributed by atoms with Crippen molar-refractivity contribution in [2.75, 3.05) is 13.2 Å². The lowest BCUT2D eigenvalue weighted by molar-refractivity contribution is -0.146. The normalized spacial score (nSPS) is 17.0. The fraction of sp³-hybridized carbons (Fsp3) is 0.200. The van der Waals surface area contributed by atoms with Gasteiger partial charge in [-0.05, 0) is 12.1 Å². The zero-order valence-corrected chi connectivity index (χ0v) is 13.7. The fourth-order valence-electron chi connectivity index (χ4n) is 2.04. The van der Waals surface area contributed by atoms with E-state index in [1.54, 1.807) is 24.3 Å². The first-order valence-electron chi connectivity index (χ1n) is 6.95. The number of carbonyl (C=O) groups is 2. The van der Waals surface area contributed by atoms with Gasteiger partial charge in [-0.1, -0.05) is 18.7 Å². The molecule has 0 fully saturated rings. The number of hydrogen-bond donors (Lipinski definition) is 2. The first kappa shape index (κ1) is 18.2. The summed E-state index contributed by atoms with van der Waals surface area (Å²) >= 11 is 0. The van der Waals surface area contributed by atoms with E-state index in [4.69, 9.17) is 15.7 Å². The Hall–Kier alpha value is -3.19. The van der Waals surface area contributed by atoms with E-state index in [0.717, 1.165) is 0 Å². The van der Waals surface area contributed by atoms with E-state index in [0.29, 0.717) is 5.56 Å². The number of carbonyl (C=O) groups excluding carboxylic acids is 2. The van der Waals surface area contributed by atoms with Crippen LogP contribution in [0.3, 0.4) is 0 Å². The molecule has 2 rings (SSSR count). The number of hydrogen-bond acceptors (Lipinski definition) is 8. The lowest BCUT2D eigenvalue weighted by Crippen LogP contribution is -2.26. The molecule has 1 atom stereocenters. The maximum atomic E-state index is 11.9. The average Bonchev–Trinajstić information content (AvgIpc) is 2.82. The molecule has 10 heteroatoms. The minimum atomic E-state index is -3.70. The van der Waals surface area contributed by atoms with E-state index in [1.807, 2.05) is 0 Å². The molecule has 0 bridgehead atoms. The minimum absolute atomic E-state index is 0.0177. The van der Waals surface area contributed by atoms with Crippen LogP contribution in [0.15, 0.2) is 46.4 Å². The van der Waals surface area contributed by atoms with Crippen molar-refractivity contribution < 1.29 is 22.7 Å². The van der Waals surface area contributed by atoms with E-state index in [1.165, 1.54) is 6.07 Å². The van der Waals surface area contributed by atoms with Gasteiger partial charge >= 0.3 is 5.97 Å². The van der Waals surface area contributed by atoms with E-state index in [9.17, 15) is 18.0 Å². The largest absolute Gasteiger partial charge is 0.456 e. The van der Waals surface area contributed by atoms with Crippen molar-refractivity contribution in [1.82, 2.24) is 4.72 Å². The molecule has 1 aliphatic heterocycles. The molecule has 9 nitrogen and oxygen atoms in total. The summed E-state index contributed by atoms with van der Waals surface area (Å²) in [6.07, 6.45) is 0. The minimum Gasteiger partial charge on any atom is -0.456 e. The van der Waals surface area contributed by atoms with Crippen LogP contribution in [0.5, 0.6) is 0 Å². The number of nitrogens with zero attached hydrogens (tertiary/aromatic N) is 2. The Morgan fingerprint density at radius 1 is 1.40 bits per heavy atom. The molecule has 1 aromatic carbocycles. The zero-order chi connectivity index (χ0) is 18.6. The third-order valence-electron chi connectivity index (χ3n) is 3.23. The second-order valence-electron chi connectivity index (χ2n) is 5.03. The standard InChI is InChI=1S/C15H14N4O5S/c1-9(17)11(6-16)12(20)8-24-14(21)7-18-15-10-4-2-3-5-13(10)25(22,23)19-15/h2-5,11H,1,7-8,17H2,(H,18,19)/t11-/m0/s1. The molecule has 0 saturated heterocycles. The summed E-state index contributed by atoms with van der Waals surface area (Å²) < 4.78 is 30.7. The van der Waals surface area contributed by atoms with Crippen LogP contribution in [0.25, 0.3) is 0 Å². The highest BCUT2D eigenvalue weighted by Crippen LogP contribution is 2.21. The third-order valence-corrected chi connectivity index (χ3v) is 4.62. The molecule has 1 aliphatic rings. The summed E-state index contributed by atoms with van der Waals surface area (Å²) in [5.41, 5.74) is 5.51. The maximum Gasteiger partial charge on any atom is 0.328 e. The van der Waals surface area contributed by atoms with Gasteiger partial charge in [-0.2, -0.15) is 5.26 Å². The molecule has 0 saturated carbocycles. The van der Waals surface area contributed by atoms with Crippen molar-refractivity contribution in [2.24, 2.45) is 16.6 Å². The number of nitriles is 1. The number of ether oxygens (including phenoxy) is 1. The molecule has 0 spiro atoms. The van der Waals surface area contributed by atoms with Crippen LogP contribution in [0.2, 0.25) is 0 Å². The van der Waals surface area contributed by atoms with Gasteiger partial charge in [0.2, 0.25) is 0 Å². The fourth-order valence-corrected chi connectivity index (χ4v) is 3.29. The SMILES string of the molecule is C=C(N)[C@H](C#N)C(=O)COC(=O)CN=C1NS(=O)(=O)c2ccccc21. The number of sulfonamides is 1. The second kappa shape index (κ2) is 7.14. The lowest BCUT2D eigenvalue weighted by atomic mass is 10.0. The summed E-state index contributed by atoms with van der Waals surface area (Å²) in [5, 5.41) is 8.78. The van der Waals surface area contributed by atoms with E-state index < -0.39 is 40.8 Å². The van der Waals surface area contributed by atoms with Gasteiger partial charge in [0.25, 0.3) is 10.0 Å². The van der Waals surface area contributed by atoms with Crippen LogP contribution in [0.1, 0.15) is 5.56 Å². The topological polar surface area (TPSA) is 152 Å². The van der Waals surface area contributed by atoms with Crippen LogP contribution in [-0.2, 0) is 24.3 Å². The molecule has 1 aromatic rings. The number of allylic oxidation sites excluding steroid dienone is 1. The van der Waals surface area contributed by atoms with Gasteiger partial charge < -0.3 is 10.5 Å². The van der Waals surface area contributed by atoms with Crippen LogP contribution in [0.4, 0.5) is 0 Å².